The van der Waals surface area contributed by atoms with Crippen molar-refractivity contribution in [3.63, 3.8) is 0 Å². The van der Waals surface area contributed by atoms with E-state index in [0.29, 0.717) is 24.3 Å². The Labute approximate surface area is 132 Å². The first-order chi connectivity index (χ1) is 10.6. The van der Waals surface area contributed by atoms with Gasteiger partial charge in [-0.15, -0.1) is 0 Å². The fourth-order valence-electron chi connectivity index (χ4n) is 4.26. The van der Waals surface area contributed by atoms with Gasteiger partial charge in [0, 0.05) is 12.1 Å². The quantitative estimate of drug-likeness (QED) is 0.790. The van der Waals surface area contributed by atoms with Gasteiger partial charge >= 0.3 is 0 Å². The van der Waals surface area contributed by atoms with Crippen molar-refractivity contribution < 1.29 is 4.79 Å². The molecule has 0 spiro atoms. The van der Waals surface area contributed by atoms with Gasteiger partial charge in [-0.2, -0.15) is 0 Å². The molecule has 2 aliphatic rings. The summed E-state index contributed by atoms with van der Waals surface area (Å²) in [5.41, 5.74) is 13.4. The van der Waals surface area contributed by atoms with Crippen molar-refractivity contribution in [1.82, 2.24) is 5.32 Å². The lowest BCUT2D eigenvalue weighted by Crippen LogP contribution is -2.56. The van der Waals surface area contributed by atoms with Gasteiger partial charge in [0.1, 0.15) is 0 Å². The van der Waals surface area contributed by atoms with Crippen molar-refractivity contribution in [3.8, 4) is 0 Å². The third kappa shape index (κ3) is 3.50. The highest BCUT2D eigenvalue weighted by Gasteiger charge is 2.40. The van der Waals surface area contributed by atoms with Gasteiger partial charge in [0.25, 0.3) is 0 Å². The molecule has 4 heteroatoms. The number of nitrogens with two attached hydrogens (primary N) is 2. The van der Waals surface area contributed by atoms with Crippen LogP contribution in [0.4, 0.5) is 0 Å². The van der Waals surface area contributed by atoms with Crippen LogP contribution in [-0.4, -0.2) is 24.0 Å². The molecule has 120 valence electrons. The topological polar surface area (TPSA) is 81.1 Å². The number of rotatable bonds is 4. The molecule has 3 atom stereocenters. The van der Waals surface area contributed by atoms with E-state index in [1.165, 1.54) is 19.3 Å². The summed E-state index contributed by atoms with van der Waals surface area (Å²) in [6.07, 6.45) is 6.30. The van der Waals surface area contributed by atoms with Crippen LogP contribution in [0.25, 0.3) is 0 Å². The van der Waals surface area contributed by atoms with Crippen molar-refractivity contribution in [3.05, 3.63) is 35.9 Å². The Kier molecular flexibility index (Phi) is 4.79. The number of amides is 1. The third-order valence-corrected chi connectivity index (χ3v) is 5.32. The molecular weight excluding hydrogens is 274 g/mol. The summed E-state index contributed by atoms with van der Waals surface area (Å²) in [7, 11) is 0. The summed E-state index contributed by atoms with van der Waals surface area (Å²) in [4.78, 5) is 12.5. The Hall–Kier alpha value is -1.39. The molecule has 0 radical (unpaired) electrons. The lowest BCUT2D eigenvalue weighted by atomic mass is 9.67. The number of benzene rings is 1. The van der Waals surface area contributed by atoms with E-state index in [-0.39, 0.29) is 11.9 Å². The first-order valence-electron chi connectivity index (χ1n) is 8.49. The second-order valence-corrected chi connectivity index (χ2v) is 7.01. The minimum absolute atomic E-state index is 0.0128. The van der Waals surface area contributed by atoms with Crippen LogP contribution in [0.15, 0.2) is 30.3 Å². The standard InChI is InChI=1S/C18H27N3O/c19-15-10-13-7-4-8-14(11-15)17(13)21-18(22)16(20)9-12-5-2-1-3-6-12/h1-3,5-6,13-17H,4,7-11,19-20H2,(H,21,22)/t13?,14?,15?,16-,17?/m0/s1. The van der Waals surface area contributed by atoms with Crippen molar-refractivity contribution in [2.24, 2.45) is 23.3 Å². The Morgan fingerprint density at radius 3 is 2.45 bits per heavy atom. The first kappa shape index (κ1) is 15.5. The molecule has 1 amide bonds. The molecule has 2 saturated carbocycles. The molecule has 0 saturated heterocycles. The second kappa shape index (κ2) is 6.80. The van der Waals surface area contributed by atoms with Crippen LogP contribution >= 0.6 is 0 Å². The minimum Gasteiger partial charge on any atom is -0.351 e. The third-order valence-electron chi connectivity index (χ3n) is 5.32. The predicted molar refractivity (Wildman–Crippen MR) is 88.1 cm³/mol. The highest BCUT2D eigenvalue weighted by Crippen LogP contribution is 2.39. The largest absolute Gasteiger partial charge is 0.351 e. The van der Waals surface area contributed by atoms with Crippen LogP contribution in [0.2, 0.25) is 0 Å². The normalized spacial score (nSPS) is 32.3. The smallest absolute Gasteiger partial charge is 0.237 e. The summed E-state index contributed by atoms with van der Waals surface area (Å²) in [5.74, 6) is 1.06. The summed E-state index contributed by atoms with van der Waals surface area (Å²) in [5, 5.41) is 3.24. The van der Waals surface area contributed by atoms with Crippen LogP contribution in [-0.2, 0) is 11.2 Å². The van der Waals surface area contributed by atoms with Crippen LogP contribution < -0.4 is 16.8 Å². The van der Waals surface area contributed by atoms with Gasteiger partial charge in [-0.1, -0.05) is 36.8 Å². The van der Waals surface area contributed by atoms with Crippen molar-refractivity contribution >= 4 is 5.91 Å². The molecular formula is C18H27N3O. The predicted octanol–water partition coefficient (Wildman–Crippen LogP) is 1.58. The Bertz CT molecular complexity index is 490. The average Bonchev–Trinajstić information content (AvgIpc) is 2.49. The molecule has 1 aromatic rings. The maximum absolute atomic E-state index is 12.5. The zero-order valence-electron chi connectivity index (χ0n) is 13.1. The molecule has 0 aromatic heterocycles. The fraction of sp³-hybridized carbons (Fsp3) is 0.611. The van der Waals surface area contributed by atoms with E-state index < -0.39 is 6.04 Å². The number of carbonyl (C=O) groups is 1. The Morgan fingerprint density at radius 2 is 1.82 bits per heavy atom. The molecule has 22 heavy (non-hydrogen) atoms. The van der Waals surface area contributed by atoms with E-state index in [1.807, 2.05) is 30.3 Å². The van der Waals surface area contributed by atoms with Crippen LogP contribution in [0.5, 0.6) is 0 Å². The van der Waals surface area contributed by atoms with Crippen molar-refractivity contribution in [1.29, 1.82) is 0 Å². The molecule has 2 unspecified atom stereocenters. The minimum atomic E-state index is -0.473. The van der Waals surface area contributed by atoms with E-state index in [4.69, 9.17) is 11.5 Å². The maximum atomic E-state index is 12.5. The van der Waals surface area contributed by atoms with Crippen LogP contribution in [0.1, 0.15) is 37.7 Å². The van der Waals surface area contributed by atoms with E-state index in [0.717, 1.165) is 18.4 Å². The summed E-state index contributed by atoms with van der Waals surface area (Å²) >= 11 is 0. The molecule has 3 rings (SSSR count). The maximum Gasteiger partial charge on any atom is 0.237 e. The monoisotopic (exact) mass is 301 g/mol. The average molecular weight is 301 g/mol. The number of nitrogens with one attached hydrogen (secondary N) is 1. The molecule has 4 nitrogen and oxygen atoms in total. The van der Waals surface area contributed by atoms with Crippen molar-refractivity contribution in [2.45, 2.75) is 56.7 Å². The summed E-state index contributed by atoms with van der Waals surface area (Å²) in [6.45, 7) is 0. The Morgan fingerprint density at radius 1 is 1.18 bits per heavy atom. The zero-order chi connectivity index (χ0) is 15.5. The number of hydrogen-bond donors (Lipinski definition) is 3. The summed E-state index contributed by atoms with van der Waals surface area (Å²) < 4.78 is 0. The van der Waals surface area contributed by atoms with E-state index >= 15 is 0 Å². The van der Waals surface area contributed by atoms with Gasteiger partial charge in [0.05, 0.1) is 6.04 Å². The molecule has 2 aliphatic carbocycles. The molecule has 0 aliphatic heterocycles. The zero-order valence-corrected chi connectivity index (χ0v) is 13.1. The molecule has 2 bridgehead atoms. The first-order valence-corrected chi connectivity index (χ1v) is 8.49. The van der Waals surface area contributed by atoms with Gasteiger partial charge in [-0.3, -0.25) is 4.79 Å². The van der Waals surface area contributed by atoms with E-state index in [1.54, 1.807) is 0 Å². The SMILES string of the molecule is NC1CC2CCCC(C1)C2NC(=O)[C@@H](N)Cc1ccccc1. The van der Waals surface area contributed by atoms with Gasteiger partial charge in [0.2, 0.25) is 5.91 Å². The van der Waals surface area contributed by atoms with E-state index in [9.17, 15) is 4.79 Å². The number of hydrogen-bond acceptors (Lipinski definition) is 3. The number of fused-ring (bicyclic) bond motifs is 2. The second-order valence-electron chi connectivity index (χ2n) is 7.01. The molecule has 0 heterocycles. The highest BCUT2D eigenvalue weighted by molar-refractivity contribution is 5.82. The molecule has 2 fully saturated rings. The fourth-order valence-corrected chi connectivity index (χ4v) is 4.26. The van der Waals surface area contributed by atoms with Crippen LogP contribution in [0.3, 0.4) is 0 Å². The Balaban J connectivity index is 1.59. The molecule has 5 N–H and O–H groups in total. The van der Waals surface area contributed by atoms with Gasteiger partial charge in [-0.05, 0) is 49.5 Å². The van der Waals surface area contributed by atoms with E-state index in [2.05, 4.69) is 5.32 Å². The van der Waals surface area contributed by atoms with Gasteiger partial charge in [0.15, 0.2) is 0 Å². The van der Waals surface area contributed by atoms with Gasteiger partial charge in [-0.25, -0.2) is 0 Å². The highest BCUT2D eigenvalue weighted by atomic mass is 16.2. The van der Waals surface area contributed by atoms with Crippen molar-refractivity contribution in [2.75, 3.05) is 0 Å². The lowest BCUT2D eigenvalue weighted by Gasteiger charge is -2.45. The van der Waals surface area contributed by atoms with Crippen LogP contribution in [0, 0.1) is 11.8 Å². The summed E-state index contributed by atoms with van der Waals surface area (Å²) in [6, 6.07) is 10.1. The molecule has 1 aromatic carbocycles. The lowest BCUT2D eigenvalue weighted by molar-refractivity contribution is -0.124. The van der Waals surface area contributed by atoms with Gasteiger partial charge < -0.3 is 16.8 Å². The number of carbonyl (C=O) groups excluding carboxylic acids is 1.